The van der Waals surface area contributed by atoms with Gasteiger partial charge in [-0.15, -0.1) is 0 Å². The number of benzene rings is 1. The van der Waals surface area contributed by atoms with E-state index < -0.39 is 0 Å². The molecule has 1 fully saturated rings. The predicted molar refractivity (Wildman–Crippen MR) is 76.0 cm³/mol. The summed E-state index contributed by atoms with van der Waals surface area (Å²) in [5.74, 6) is 0. The van der Waals surface area contributed by atoms with Gasteiger partial charge in [-0.2, -0.15) is 5.10 Å². The second-order valence-corrected chi connectivity index (χ2v) is 5.54. The van der Waals surface area contributed by atoms with Crippen LogP contribution in [0.25, 0.3) is 5.69 Å². The lowest BCUT2D eigenvalue weighted by molar-refractivity contribution is 0.603. The van der Waals surface area contributed by atoms with Crippen LogP contribution in [0.15, 0.2) is 41.1 Å². The van der Waals surface area contributed by atoms with E-state index in [0.717, 1.165) is 16.7 Å². The molecule has 3 rings (SSSR count). The number of nitrogens with one attached hydrogen (secondary N) is 1. The van der Waals surface area contributed by atoms with Gasteiger partial charge in [0, 0.05) is 6.04 Å². The normalized spacial score (nSPS) is 19.3. The first kappa shape index (κ1) is 11.9. The number of aromatic nitrogens is 2. The molecule has 1 aromatic heterocycles. The van der Waals surface area contributed by atoms with Gasteiger partial charge in [0.1, 0.15) is 4.60 Å². The smallest absolute Gasteiger partial charge is 0.109 e. The van der Waals surface area contributed by atoms with E-state index in [1.54, 1.807) is 6.20 Å². The predicted octanol–water partition coefficient (Wildman–Crippen LogP) is 2.93. The molecule has 0 saturated carbocycles. The third kappa shape index (κ3) is 2.49. The molecule has 1 saturated heterocycles. The molecule has 2 aromatic rings. The molecule has 1 N–H and O–H groups in total. The zero-order valence-corrected chi connectivity index (χ0v) is 11.7. The van der Waals surface area contributed by atoms with Crippen LogP contribution < -0.4 is 5.32 Å². The Labute approximate surface area is 115 Å². The van der Waals surface area contributed by atoms with E-state index in [2.05, 4.69) is 50.6 Å². The van der Waals surface area contributed by atoms with Crippen molar-refractivity contribution in [2.24, 2.45) is 0 Å². The molecule has 94 valence electrons. The summed E-state index contributed by atoms with van der Waals surface area (Å²) in [5.41, 5.74) is 2.48. The van der Waals surface area contributed by atoms with Crippen molar-refractivity contribution in [2.75, 3.05) is 6.54 Å². The molecular formula is C14H16BrN3. The summed E-state index contributed by atoms with van der Waals surface area (Å²) in [6.07, 6.45) is 5.52. The number of halogens is 1. The van der Waals surface area contributed by atoms with Crippen molar-refractivity contribution in [2.45, 2.75) is 25.3 Å². The maximum Gasteiger partial charge on any atom is 0.109 e. The fourth-order valence-electron chi connectivity index (χ4n) is 2.47. The Bertz CT molecular complexity index is 512. The van der Waals surface area contributed by atoms with Crippen molar-refractivity contribution in [3.05, 3.63) is 46.7 Å². The Kier molecular flexibility index (Phi) is 3.48. The molecule has 1 aliphatic rings. The van der Waals surface area contributed by atoms with Gasteiger partial charge in [-0.25, -0.2) is 4.68 Å². The molecule has 1 unspecified atom stereocenters. The van der Waals surface area contributed by atoms with E-state index in [1.165, 1.54) is 24.9 Å². The Hall–Kier alpha value is -1.13. The zero-order valence-electron chi connectivity index (χ0n) is 10.1. The summed E-state index contributed by atoms with van der Waals surface area (Å²) in [4.78, 5) is 0. The molecule has 0 aliphatic carbocycles. The highest BCUT2D eigenvalue weighted by Crippen LogP contribution is 2.17. The summed E-state index contributed by atoms with van der Waals surface area (Å²) in [5, 5.41) is 7.81. The van der Waals surface area contributed by atoms with Crippen LogP contribution in [-0.4, -0.2) is 22.4 Å². The van der Waals surface area contributed by atoms with Crippen LogP contribution in [0.3, 0.4) is 0 Å². The molecule has 1 aromatic carbocycles. The highest BCUT2D eigenvalue weighted by Gasteiger charge is 2.14. The minimum atomic E-state index is 0.660. The molecule has 0 amide bonds. The molecule has 3 nitrogen and oxygen atoms in total. The first-order valence-corrected chi connectivity index (χ1v) is 7.14. The van der Waals surface area contributed by atoms with Gasteiger partial charge in [0.25, 0.3) is 0 Å². The SMILES string of the molecule is Brc1ccnn1-c1ccc(CC2CCCN2)cc1. The molecule has 0 bridgehead atoms. The van der Waals surface area contributed by atoms with Gasteiger partial charge in [0.2, 0.25) is 0 Å². The van der Waals surface area contributed by atoms with Crippen molar-refractivity contribution >= 4 is 15.9 Å². The third-order valence-electron chi connectivity index (χ3n) is 3.42. The topological polar surface area (TPSA) is 29.9 Å². The zero-order chi connectivity index (χ0) is 12.4. The number of hydrogen-bond donors (Lipinski definition) is 1. The first-order valence-electron chi connectivity index (χ1n) is 6.35. The maximum absolute atomic E-state index is 4.28. The highest BCUT2D eigenvalue weighted by molar-refractivity contribution is 9.10. The van der Waals surface area contributed by atoms with E-state index >= 15 is 0 Å². The van der Waals surface area contributed by atoms with Gasteiger partial charge >= 0.3 is 0 Å². The van der Waals surface area contributed by atoms with Crippen LogP contribution >= 0.6 is 15.9 Å². The summed E-state index contributed by atoms with van der Waals surface area (Å²) in [6, 6.07) is 11.3. The lowest BCUT2D eigenvalue weighted by Crippen LogP contribution is -2.23. The molecule has 1 aliphatic heterocycles. The van der Waals surface area contributed by atoms with Crippen LogP contribution in [0.5, 0.6) is 0 Å². The fourth-order valence-corrected chi connectivity index (χ4v) is 2.88. The molecule has 0 radical (unpaired) electrons. The van der Waals surface area contributed by atoms with E-state index in [1.807, 2.05) is 10.7 Å². The van der Waals surface area contributed by atoms with Gasteiger partial charge in [-0.1, -0.05) is 12.1 Å². The number of hydrogen-bond acceptors (Lipinski definition) is 2. The average Bonchev–Trinajstić information content (AvgIpc) is 3.02. The van der Waals surface area contributed by atoms with Crippen molar-refractivity contribution in [1.29, 1.82) is 0 Å². The second kappa shape index (κ2) is 5.24. The lowest BCUT2D eigenvalue weighted by Gasteiger charge is -2.10. The van der Waals surface area contributed by atoms with Gasteiger partial charge in [-0.05, 0) is 65.5 Å². The summed E-state index contributed by atoms with van der Waals surface area (Å²) >= 11 is 3.48. The molecule has 0 spiro atoms. The van der Waals surface area contributed by atoms with Crippen molar-refractivity contribution in [1.82, 2.24) is 15.1 Å². The van der Waals surface area contributed by atoms with Gasteiger partial charge in [0.15, 0.2) is 0 Å². The third-order valence-corrected chi connectivity index (χ3v) is 4.02. The van der Waals surface area contributed by atoms with Crippen LogP contribution in [0.1, 0.15) is 18.4 Å². The molecule has 4 heteroatoms. The molecule has 18 heavy (non-hydrogen) atoms. The minimum Gasteiger partial charge on any atom is -0.314 e. The van der Waals surface area contributed by atoms with Crippen molar-refractivity contribution in [3.63, 3.8) is 0 Å². The van der Waals surface area contributed by atoms with E-state index in [9.17, 15) is 0 Å². The van der Waals surface area contributed by atoms with Crippen LogP contribution in [0.4, 0.5) is 0 Å². The molecular weight excluding hydrogens is 290 g/mol. The van der Waals surface area contributed by atoms with Crippen molar-refractivity contribution < 1.29 is 0 Å². The van der Waals surface area contributed by atoms with Crippen molar-refractivity contribution in [3.8, 4) is 5.69 Å². The maximum atomic E-state index is 4.28. The summed E-state index contributed by atoms with van der Waals surface area (Å²) < 4.78 is 2.87. The number of nitrogens with zero attached hydrogens (tertiary/aromatic N) is 2. The van der Waals surface area contributed by atoms with E-state index in [-0.39, 0.29) is 0 Å². The van der Waals surface area contributed by atoms with Crippen LogP contribution in [0.2, 0.25) is 0 Å². The minimum absolute atomic E-state index is 0.660. The lowest BCUT2D eigenvalue weighted by atomic mass is 10.0. The Morgan fingerprint density at radius 3 is 2.72 bits per heavy atom. The standard InChI is InChI=1S/C14H16BrN3/c15-14-7-9-17-18(14)13-5-3-11(4-6-13)10-12-2-1-8-16-12/h3-7,9,12,16H,1-2,8,10H2. The monoisotopic (exact) mass is 305 g/mol. The fraction of sp³-hybridized carbons (Fsp3) is 0.357. The average molecular weight is 306 g/mol. The van der Waals surface area contributed by atoms with Crippen LogP contribution in [0, 0.1) is 0 Å². The van der Waals surface area contributed by atoms with E-state index in [4.69, 9.17) is 0 Å². The summed E-state index contributed by atoms with van der Waals surface area (Å²) in [7, 11) is 0. The largest absolute Gasteiger partial charge is 0.314 e. The van der Waals surface area contributed by atoms with Crippen LogP contribution in [-0.2, 0) is 6.42 Å². The Balaban J connectivity index is 1.74. The Morgan fingerprint density at radius 1 is 1.28 bits per heavy atom. The molecule has 2 heterocycles. The highest BCUT2D eigenvalue weighted by atomic mass is 79.9. The van der Waals surface area contributed by atoms with Gasteiger partial charge in [-0.3, -0.25) is 0 Å². The van der Waals surface area contributed by atoms with Gasteiger partial charge in [0.05, 0.1) is 11.9 Å². The second-order valence-electron chi connectivity index (χ2n) is 4.73. The quantitative estimate of drug-likeness (QED) is 0.945. The van der Waals surface area contributed by atoms with Gasteiger partial charge < -0.3 is 5.32 Å². The van der Waals surface area contributed by atoms with E-state index in [0.29, 0.717) is 6.04 Å². The summed E-state index contributed by atoms with van der Waals surface area (Å²) in [6.45, 7) is 1.17. The molecule has 1 atom stereocenters. The number of rotatable bonds is 3. The first-order chi connectivity index (χ1) is 8.83. The Morgan fingerprint density at radius 2 is 2.11 bits per heavy atom.